The van der Waals surface area contributed by atoms with Crippen molar-refractivity contribution in [1.82, 2.24) is 5.32 Å². The summed E-state index contributed by atoms with van der Waals surface area (Å²) in [4.78, 5) is 0. The molecule has 26 heavy (non-hydrogen) atoms. The number of methoxy groups -OCH3 is 1. The Bertz CT molecular complexity index is 678. The first-order valence-corrected chi connectivity index (χ1v) is 9.45. The SMILES string of the molecule is COc1cc(CNCCCCCO)cc(Cl)c1OCc1ccc(Cl)cc1. The van der Waals surface area contributed by atoms with Gasteiger partial charge in [0.05, 0.1) is 12.1 Å². The Morgan fingerprint density at radius 2 is 1.77 bits per heavy atom. The highest BCUT2D eigenvalue weighted by Crippen LogP contribution is 2.37. The summed E-state index contributed by atoms with van der Waals surface area (Å²) in [7, 11) is 1.60. The van der Waals surface area contributed by atoms with E-state index in [4.69, 9.17) is 37.8 Å². The van der Waals surface area contributed by atoms with Crippen molar-refractivity contribution < 1.29 is 14.6 Å². The normalized spacial score (nSPS) is 10.8. The summed E-state index contributed by atoms with van der Waals surface area (Å²) in [5.74, 6) is 1.15. The molecule has 0 radical (unpaired) electrons. The first-order chi connectivity index (χ1) is 12.6. The monoisotopic (exact) mass is 397 g/mol. The van der Waals surface area contributed by atoms with Crippen molar-refractivity contribution in [2.75, 3.05) is 20.3 Å². The highest BCUT2D eigenvalue weighted by Gasteiger charge is 2.12. The second-order valence-corrected chi connectivity index (χ2v) is 6.83. The van der Waals surface area contributed by atoms with Crippen LogP contribution >= 0.6 is 23.2 Å². The molecule has 6 heteroatoms. The molecule has 0 aliphatic carbocycles. The molecule has 0 spiro atoms. The van der Waals surface area contributed by atoms with Crippen molar-refractivity contribution in [2.24, 2.45) is 0 Å². The van der Waals surface area contributed by atoms with E-state index >= 15 is 0 Å². The molecule has 0 heterocycles. The molecule has 2 aromatic rings. The van der Waals surface area contributed by atoms with Gasteiger partial charge in [0.1, 0.15) is 6.61 Å². The fourth-order valence-corrected chi connectivity index (χ4v) is 2.94. The molecule has 0 bridgehead atoms. The summed E-state index contributed by atoms with van der Waals surface area (Å²) in [6, 6.07) is 11.3. The number of aliphatic hydroxyl groups is 1. The average molecular weight is 398 g/mol. The second-order valence-electron chi connectivity index (χ2n) is 5.99. The van der Waals surface area contributed by atoms with Gasteiger partial charge in [-0.1, -0.05) is 35.3 Å². The van der Waals surface area contributed by atoms with E-state index < -0.39 is 0 Å². The van der Waals surface area contributed by atoms with Gasteiger partial charge < -0.3 is 19.9 Å². The van der Waals surface area contributed by atoms with E-state index in [0.29, 0.717) is 34.7 Å². The van der Waals surface area contributed by atoms with E-state index in [1.165, 1.54) is 0 Å². The highest BCUT2D eigenvalue weighted by atomic mass is 35.5. The minimum Gasteiger partial charge on any atom is -0.493 e. The number of nitrogens with one attached hydrogen (secondary N) is 1. The molecule has 4 nitrogen and oxygen atoms in total. The van der Waals surface area contributed by atoms with E-state index in [1.807, 2.05) is 36.4 Å². The summed E-state index contributed by atoms with van der Waals surface area (Å²) >= 11 is 12.3. The zero-order valence-corrected chi connectivity index (χ0v) is 16.4. The number of hydrogen-bond acceptors (Lipinski definition) is 4. The standard InChI is InChI=1S/C20H25Cl2NO3/c1-25-19-12-16(13-23-9-3-2-4-10-24)11-18(22)20(19)26-14-15-5-7-17(21)8-6-15/h5-8,11-12,23-24H,2-4,9-10,13-14H2,1H3. The largest absolute Gasteiger partial charge is 0.493 e. The van der Waals surface area contributed by atoms with Gasteiger partial charge in [-0.15, -0.1) is 0 Å². The molecule has 2 N–H and O–H groups in total. The number of hydrogen-bond donors (Lipinski definition) is 2. The lowest BCUT2D eigenvalue weighted by molar-refractivity contribution is 0.282. The number of halogens is 2. The lowest BCUT2D eigenvalue weighted by atomic mass is 10.2. The second kappa shape index (κ2) is 11.3. The number of rotatable bonds is 11. The van der Waals surface area contributed by atoms with E-state index in [-0.39, 0.29) is 6.61 Å². The van der Waals surface area contributed by atoms with Crippen LogP contribution in [0.2, 0.25) is 10.0 Å². The Morgan fingerprint density at radius 1 is 1.00 bits per heavy atom. The summed E-state index contributed by atoms with van der Waals surface area (Å²) in [5, 5.41) is 13.4. The molecule has 0 unspecified atom stereocenters. The molecule has 0 fully saturated rings. The minimum absolute atomic E-state index is 0.254. The van der Waals surface area contributed by atoms with Crippen molar-refractivity contribution >= 4 is 23.2 Å². The third kappa shape index (κ3) is 6.69. The molecule has 0 aliphatic heterocycles. The van der Waals surface area contributed by atoms with Crippen LogP contribution in [0.25, 0.3) is 0 Å². The zero-order chi connectivity index (χ0) is 18.8. The molecule has 2 aromatic carbocycles. The van der Waals surface area contributed by atoms with Crippen molar-refractivity contribution in [3.63, 3.8) is 0 Å². The van der Waals surface area contributed by atoms with Gasteiger partial charge in [0.2, 0.25) is 0 Å². The Balaban J connectivity index is 1.94. The Kier molecular flexibility index (Phi) is 9.06. The van der Waals surface area contributed by atoms with E-state index in [2.05, 4.69) is 5.32 Å². The molecule has 0 saturated carbocycles. The molecule has 2 rings (SSSR count). The smallest absolute Gasteiger partial charge is 0.180 e. The topological polar surface area (TPSA) is 50.7 Å². The van der Waals surface area contributed by atoms with Crippen LogP contribution in [0.3, 0.4) is 0 Å². The highest BCUT2D eigenvalue weighted by molar-refractivity contribution is 6.32. The lowest BCUT2D eigenvalue weighted by Gasteiger charge is -2.15. The van der Waals surface area contributed by atoms with Gasteiger partial charge in [-0.3, -0.25) is 0 Å². The van der Waals surface area contributed by atoms with Crippen LogP contribution in [-0.2, 0) is 13.2 Å². The fourth-order valence-electron chi connectivity index (χ4n) is 2.52. The molecule has 0 saturated heterocycles. The molecule has 0 aliphatic rings. The van der Waals surface area contributed by atoms with E-state index in [1.54, 1.807) is 7.11 Å². The Labute approximate surface area is 165 Å². The van der Waals surface area contributed by atoms with Gasteiger partial charge in [-0.2, -0.15) is 0 Å². The van der Waals surface area contributed by atoms with Crippen molar-refractivity contribution in [1.29, 1.82) is 0 Å². The average Bonchev–Trinajstić information content (AvgIpc) is 2.64. The summed E-state index contributed by atoms with van der Waals surface area (Å²) < 4.78 is 11.3. The molecule has 0 atom stereocenters. The van der Waals surface area contributed by atoms with Crippen LogP contribution in [0.5, 0.6) is 11.5 Å². The zero-order valence-electron chi connectivity index (χ0n) is 14.9. The lowest BCUT2D eigenvalue weighted by Crippen LogP contribution is -2.15. The molecule has 0 aromatic heterocycles. The maximum absolute atomic E-state index is 8.78. The van der Waals surface area contributed by atoms with Crippen LogP contribution in [0.4, 0.5) is 0 Å². The Hall–Kier alpha value is -1.46. The van der Waals surface area contributed by atoms with Crippen molar-refractivity contribution in [3.05, 3.63) is 57.6 Å². The molecular formula is C20H25Cl2NO3. The van der Waals surface area contributed by atoms with Crippen LogP contribution in [0, 0.1) is 0 Å². The predicted molar refractivity (Wildman–Crippen MR) is 106 cm³/mol. The maximum atomic E-state index is 8.78. The predicted octanol–water partition coefficient (Wildman–Crippen LogP) is 4.83. The van der Waals surface area contributed by atoms with Crippen LogP contribution in [0.15, 0.2) is 36.4 Å². The minimum atomic E-state index is 0.254. The van der Waals surface area contributed by atoms with Crippen molar-refractivity contribution in [3.8, 4) is 11.5 Å². The number of unbranched alkanes of at least 4 members (excludes halogenated alkanes) is 2. The van der Waals surface area contributed by atoms with E-state index in [0.717, 1.165) is 36.9 Å². The third-order valence-electron chi connectivity index (χ3n) is 3.93. The third-order valence-corrected chi connectivity index (χ3v) is 4.46. The van der Waals surface area contributed by atoms with Crippen LogP contribution in [0.1, 0.15) is 30.4 Å². The van der Waals surface area contributed by atoms with Gasteiger partial charge in [-0.25, -0.2) is 0 Å². The number of benzene rings is 2. The maximum Gasteiger partial charge on any atom is 0.180 e. The first kappa shape index (κ1) is 20.8. The molecule has 0 amide bonds. The summed E-state index contributed by atoms with van der Waals surface area (Å²) in [5.41, 5.74) is 2.04. The fraction of sp³-hybridized carbons (Fsp3) is 0.400. The molecular weight excluding hydrogens is 373 g/mol. The summed E-state index contributed by atoms with van der Waals surface area (Å²) in [6.45, 7) is 2.24. The number of ether oxygens (including phenoxy) is 2. The van der Waals surface area contributed by atoms with E-state index in [9.17, 15) is 0 Å². The van der Waals surface area contributed by atoms with Crippen LogP contribution in [-0.4, -0.2) is 25.4 Å². The van der Waals surface area contributed by atoms with Gasteiger partial charge >= 0.3 is 0 Å². The number of aliphatic hydroxyl groups excluding tert-OH is 1. The first-order valence-electron chi connectivity index (χ1n) is 8.69. The molecule has 142 valence electrons. The van der Waals surface area contributed by atoms with Gasteiger partial charge in [-0.05, 0) is 61.2 Å². The summed E-state index contributed by atoms with van der Waals surface area (Å²) in [6.07, 6.45) is 2.90. The quantitative estimate of drug-likeness (QED) is 0.532. The Morgan fingerprint density at radius 3 is 2.46 bits per heavy atom. The van der Waals surface area contributed by atoms with Crippen LogP contribution < -0.4 is 14.8 Å². The van der Waals surface area contributed by atoms with Gasteiger partial charge in [0, 0.05) is 18.2 Å². The van der Waals surface area contributed by atoms with Crippen molar-refractivity contribution in [2.45, 2.75) is 32.4 Å². The van der Waals surface area contributed by atoms with Gasteiger partial charge in [0.25, 0.3) is 0 Å². The van der Waals surface area contributed by atoms with Gasteiger partial charge in [0.15, 0.2) is 11.5 Å².